The van der Waals surface area contributed by atoms with Crippen molar-refractivity contribution in [2.75, 3.05) is 20.1 Å². The van der Waals surface area contributed by atoms with Gasteiger partial charge in [-0.3, -0.25) is 4.79 Å². The van der Waals surface area contributed by atoms with Gasteiger partial charge in [0, 0.05) is 19.2 Å². The molecule has 2 N–H and O–H groups in total. The molecule has 19 heavy (non-hydrogen) atoms. The third kappa shape index (κ3) is 3.92. The van der Waals surface area contributed by atoms with Crippen molar-refractivity contribution < 1.29 is 22.4 Å². The van der Waals surface area contributed by atoms with E-state index in [0.29, 0.717) is 31.6 Å². The molecule has 0 aliphatic rings. The van der Waals surface area contributed by atoms with E-state index in [1.54, 1.807) is 0 Å². The zero-order valence-electron chi connectivity index (χ0n) is 10.3. The molecule has 106 valence electrons. The van der Waals surface area contributed by atoms with Crippen molar-refractivity contribution in [3.05, 3.63) is 35.1 Å². The van der Waals surface area contributed by atoms with Crippen LogP contribution in [0.25, 0.3) is 0 Å². The highest BCUT2D eigenvalue weighted by molar-refractivity contribution is 5.94. The predicted molar refractivity (Wildman–Crippen MR) is 62.0 cm³/mol. The lowest BCUT2D eigenvalue weighted by Gasteiger charge is -2.17. The second kappa shape index (κ2) is 6.01. The van der Waals surface area contributed by atoms with Crippen LogP contribution >= 0.6 is 0 Å². The van der Waals surface area contributed by atoms with Gasteiger partial charge in [-0.05, 0) is 31.2 Å². The van der Waals surface area contributed by atoms with Gasteiger partial charge < -0.3 is 10.6 Å². The molecule has 0 aromatic heterocycles. The molecule has 1 aromatic carbocycles. The summed E-state index contributed by atoms with van der Waals surface area (Å²) >= 11 is 0. The number of halogens is 4. The molecule has 0 aliphatic heterocycles. The normalized spacial score (nSPS) is 11.5. The highest BCUT2D eigenvalue weighted by Gasteiger charge is 2.34. The SMILES string of the molecule is CN(CCCN)C(=O)c1ccc(F)c(C(F)(F)F)c1. The maximum Gasteiger partial charge on any atom is 0.419 e. The molecule has 0 saturated heterocycles. The van der Waals surface area contributed by atoms with E-state index in [0.717, 1.165) is 6.07 Å². The molecule has 0 radical (unpaired) electrons. The molecule has 1 rings (SSSR count). The molecule has 0 saturated carbocycles. The van der Waals surface area contributed by atoms with Crippen molar-refractivity contribution in [2.45, 2.75) is 12.6 Å². The van der Waals surface area contributed by atoms with Crippen LogP contribution in [0.5, 0.6) is 0 Å². The van der Waals surface area contributed by atoms with Crippen LogP contribution in [0.1, 0.15) is 22.3 Å². The molecule has 1 aromatic rings. The average Bonchev–Trinajstić information content (AvgIpc) is 2.34. The Morgan fingerprint density at radius 2 is 2.00 bits per heavy atom. The number of alkyl halides is 3. The molecule has 0 spiro atoms. The Morgan fingerprint density at radius 1 is 1.37 bits per heavy atom. The van der Waals surface area contributed by atoms with E-state index in [4.69, 9.17) is 5.73 Å². The van der Waals surface area contributed by atoms with E-state index in [-0.39, 0.29) is 5.56 Å². The van der Waals surface area contributed by atoms with Crippen LogP contribution in [0.15, 0.2) is 18.2 Å². The van der Waals surface area contributed by atoms with Gasteiger partial charge in [0.2, 0.25) is 0 Å². The highest BCUT2D eigenvalue weighted by atomic mass is 19.4. The van der Waals surface area contributed by atoms with Gasteiger partial charge >= 0.3 is 6.18 Å². The number of nitrogens with two attached hydrogens (primary N) is 1. The van der Waals surface area contributed by atoms with Crippen LogP contribution in [-0.2, 0) is 6.18 Å². The van der Waals surface area contributed by atoms with E-state index < -0.39 is 23.5 Å². The third-order valence-electron chi connectivity index (χ3n) is 2.56. The van der Waals surface area contributed by atoms with Gasteiger partial charge in [-0.15, -0.1) is 0 Å². The quantitative estimate of drug-likeness (QED) is 0.859. The Labute approximate surface area is 108 Å². The Balaban J connectivity index is 2.99. The molecule has 0 heterocycles. The number of nitrogens with zero attached hydrogens (tertiary/aromatic N) is 1. The van der Waals surface area contributed by atoms with Crippen molar-refractivity contribution in [1.29, 1.82) is 0 Å². The monoisotopic (exact) mass is 278 g/mol. The molecule has 0 aliphatic carbocycles. The summed E-state index contributed by atoms with van der Waals surface area (Å²) in [6.07, 6.45) is -4.29. The Morgan fingerprint density at radius 3 is 2.53 bits per heavy atom. The van der Waals surface area contributed by atoms with Crippen LogP contribution in [0.2, 0.25) is 0 Å². The second-order valence-electron chi connectivity index (χ2n) is 4.06. The summed E-state index contributed by atoms with van der Waals surface area (Å²) in [6, 6.07) is 2.20. The standard InChI is InChI=1S/C12H14F4N2O/c1-18(6-2-5-17)11(19)8-3-4-10(13)9(7-8)12(14,15)16/h3-4,7H,2,5-6,17H2,1H3. The Hall–Kier alpha value is -1.63. The minimum atomic E-state index is -4.82. The molecule has 1 amide bonds. The lowest BCUT2D eigenvalue weighted by molar-refractivity contribution is -0.140. The summed E-state index contributed by atoms with van der Waals surface area (Å²) in [4.78, 5) is 13.1. The zero-order valence-corrected chi connectivity index (χ0v) is 10.3. The van der Waals surface area contributed by atoms with Gasteiger partial charge in [0.25, 0.3) is 5.91 Å². The number of carbonyl (C=O) groups excluding carboxylic acids is 1. The number of amides is 1. The summed E-state index contributed by atoms with van der Waals surface area (Å²) in [6.45, 7) is 0.697. The number of hydrogen-bond acceptors (Lipinski definition) is 2. The Kier molecular flexibility index (Phi) is 4.88. The summed E-state index contributed by atoms with van der Waals surface area (Å²) in [5.74, 6) is -1.99. The van der Waals surface area contributed by atoms with Crippen LogP contribution in [0.3, 0.4) is 0 Å². The molecular weight excluding hydrogens is 264 g/mol. The smallest absolute Gasteiger partial charge is 0.342 e. The number of carbonyl (C=O) groups is 1. The van der Waals surface area contributed by atoms with Gasteiger partial charge in [0.05, 0.1) is 5.56 Å². The Bertz CT molecular complexity index is 460. The number of benzene rings is 1. The third-order valence-corrected chi connectivity index (χ3v) is 2.56. The fourth-order valence-electron chi connectivity index (χ4n) is 1.53. The fraction of sp³-hybridized carbons (Fsp3) is 0.417. The van der Waals surface area contributed by atoms with Gasteiger partial charge in [0.1, 0.15) is 5.82 Å². The molecular formula is C12H14F4N2O. The topological polar surface area (TPSA) is 46.3 Å². The summed E-state index contributed by atoms with van der Waals surface area (Å²) in [7, 11) is 1.45. The first-order chi connectivity index (χ1) is 8.77. The van der Waals surface area contributed by atoms with Crippen LogP contribution in [0, 0.1) is 5.82 Å². The highest BCUT2D eigenvalue weighted by Crippen LogP contribution is 2.32. The van der Waals surface area contributed by atoms with Crippen molar-refractivity contribution >= 4 is 5.91 Å². The van der Waals surface area contributed by atoms with E-state index in [2.05, 4.69) is 0 Å². The van der Waals surface area contributed by atoms with E-state index in [1.807, 2.05) is 0 Å². The first-order valence-electron chi connectivity index (χ1n) is 5.59. The minimum Gasteiger partial charge on any atom is -0.342 e. The van der Waals surface area contributed by atoms with E-state index in [1.165, 1.54) is 11.9 Å². The van der Waals surface area contributed by atoms with Crippen molar-refractivity contribution in [3.8, 4) is 0 Å². The van der Waals surface area contributed by atoms with Gasteiger partial charge in [-0.25, -0.2) is 4.39 Å². The fourth-order valence-corrected chi connectivity index (χ4v) is 1.53. The maximum absolute atomic E-state index is 13.1. The van der Waals surface area contributed by atoms with Crippen molar-refractivity contribution in [1.82, 2.24) is 4.90 Å². The number of hydrogen-bond donors (Lipinski definition) is 1. The molecule has 0 bridgehead atoms. The maximum atomic E-state index is 13.1. The largest absolute Gasteiger partial charge is 0.419 e. The minimum absolute atomic E-state index is 0.201. The molecule has 0 fully saturated rings. The van der Waals surface area contributed by atoms with E-state index in [9.17, 15) is 22.4 Å². The van der Waals surface area contributed by atoms with Crippen LogP contribution < -0.4 is 5.73 Å². The molecule has 0 atom stereocenters. The lowest BCUT2D eigenvalue weighted by Crippen LogP contribution is -2.29. The zero-order chi connectivity index (χ0) is 14.6. The summed E-state index contributed by atoms with van der Waals surface area (Å²) < 4.78 is 50.6. The van der Waals surface area contributed by atoms with Gasteiger partial charge in [-0.1, -0.05) is 0 Å². The lowest BCUT2D eigenvalue weighted by atomic mass is 10.1. The van der Waals surface area contributed by atoms with Gasteiger partial charge in [-0.2, -0.15) is 13.2 Å². The molecule has 3 nitrogen and oxygen atoms in total. The van der Waals surface area contributed by atoms with Gasteiger partial charge in [0.15, 0.2) is 0 Å². The molecule has 0 unspecified atom stereocenters. The first kappa shape index (κ1) is 15.4. The first-order valence-corrected chi connectivity index (χ1v) is 5.59. The van der Waals surface area contributed by atoms with Crippen molar-refractivity contribution in [3.63, 3.8) is 0 Å². The summed E-state index contributed by atoms with van der Waals surface area (Å²) in [5, 5.41) is 0. The number of rotatable bonds is 4. The molecule has 7 heteroatoms. The predicted octanol–water partition coefficient (Wildman–Crippen LogP) is 2.27. The summed E-state index contributed by atoms with van der Waals surface area (Å²) in [5.41, 5.74) is 3.64. The van der Waals surface area contributed by atoms with E-state index >= 15 is 0 Å². The van der Waals surface area contributed by atoms with Crippen LogP contribution in [0.4, 0.5) is 17.6 Å². The van der Waals surface area contributed by atoms with Crippen molar-refractivity contribution in [2.24, 2.45) is 5.73 Å². The van der Waals surface area contributed by atoms with Crippen LogP contribution in [-0.4, -0.2) is 30.9 Å². The second-order valence-corrected chi connectivity index (χ2v) is 4.06. The average molecular weight is 278 g/mol.